The van der Waals surface area contributed by atoms with E-state index in [1.807, 2.05) is 71.3 Å². The highest BCUT2D eigenvalue weighted by atomic mass is 19.3. The van der Waals surface area contributed by atoms with E-state index >= 15 is 0 Å². The van der Waals surface area contributed by atoms with Gasteiger partial charge in [0.1, 0.15) is 11.5 Å². The molecule has 1 fully saturated rings. The van der Waals surface area contributed by atoms with Gasteiger partial charge in [-0.3, -0.25) is 0 Å². The Balaban J connectivity index is 0.000000187. The molecular weight excluding hydrogens is 1340 g/mol. The molecule has 0 bridgehead atoms. The quantitative estimate of drug-likeness (QED) is 0.103. The zero-order valence-electron chi connectivity index (χ0n) is 69.2. The van der Waals surface area contributed by atoms with Crippen molar-refractivity contribution < 1.29 is 17.6 Å². The van der Waals surface area contributed by atoms with Gasteiger partial charge in [-0.05, 0) is 145 Å². The van der Waals surface area contributed by atoms with Crippen LogP contribution in [0.1, 0.15) is 297 Å². The number of nitrogens with two attached hydrogens (primary N) is 1. The molecule has 1 aliphatic rings. The van der Waals surface area contributed by atoms with Gasteiger partial charge < -0.3 is 5.73 Å². The Morgan fingerprint density at radius 2 is 0.626 bits per heavy atom. The van der Waals surface area contributed by atoms with Gasteiger partial charge in [0, 0.05) is 97.0 Å². The van der Waals surface area contributed by atoms with Crippen molar-refractivity contribution >= 4 is 5.82 Å². The third kappa shape index (κ3) is 21.9. The molecule has 11 rings (SSSR count). The topological polar surface area (TPSA) is 155 Å². The first-order valence-electron chi connectivity index (χ1n) is 38.0. The number of aromatic nitrogens is 10. The summed E-state index contributed by atoms with van der Waals surface area (Å²) in [6, 6.07) is 39.9. The summed E-state index contributed by atoms with van der Waals surface area (Å²) in [7, 11) is 0. The van der Waals surface area contributed by atoms with Gasteiger partial charge in [0.25, 0.3) is 12.3 Å². The van der Waals surface area contributed by atoms with Crippen LogP contribution in [0.4, 0.5) is 23.4 Å². The molecule has 0 aliphatic heterocycles. The van der Waals surface area contributed by atoms with Gasteiger partial charge in [-0.2, -0.15) is 0 Å². The minimum Gasteiger partial charge on any atom is -0.383 e. The van der Waals surface area contributed by atoms with Crippen molar-refractivity contribution in [1.29, 1.82) is 0 Å². The summed E-state index contributed by atoms with van der Waals surface area (Å²) in [6.45, 7) is 58.0. The second kappa shape index (κ2) is 34.9. The van der Waals surface area contributed by atoms with Crippen molar-refractivity contribution in [1.82, 2.24) is 49.8 Å². The number of hydrogen-bond acceptors (Lipinski definition) is 11. The Hall–Kier alpha value is -8.98. The van der Waals surface area contributed by atoms with Crippen LogP contribution in [0.15, 0.2) is 134 Å². The molecule has 0 atom stereocenters. The van der Waals surface area contributed by atoms with Gasteiger partial charge in [-0.1, -0.05) is 274 Å². The fraction of sp³-hybridized carbons (Fsp3) is 0.457. The predicted octanol–water partition coefficient (Wildman–Crippen LogP) is 25.4. The highest BCUT2D eigenvalue weighted by Gasteiger charge is 2.39. The Labute approximate surface area is 637 Å². The normalized spacial score (nSPS) is 12.9. The van der Waals surface area contributed by atoms with Gasteiger partial charge >= 0.3 is 0 Å². The molecule has 0 spiro atoms. The molecule has 10 aromatic rings. The average molecular weight is 1460 g/mol. The van der Waals surface area contributed by atoms with E-state index in [9.17, 15) is 17.6 Å². The maximum absolute atomic E-state index is 14.0. The average Bonchev–Trinajstić information content (AvgIpc) is 1.77. The van der Waals surface area contributed by atoms with E-state index in [-0.39, 0.29) is 39.3 Å². The van der Waals surface area contributed by atoms with Crippen LogP contribution in [-0.4, -0.2) is 49.8 Å². The smallest absolute Gasteiger partial charge is 0.280 e. The van der Waals surface area contributed by atoms with Crippen molar-refractivity contribution in [3.05, 3.63) is 229 Å². The Bertz CT molecular complexity index is 4440. The monoisotopic (exact) mass is 1450 g/mol. The van der Waals surface area contributed by atoms with E-state index in [2.05, 4.69) is 251 Å². The van der Waals surface area contributed by atoms with Crippen LogP contribution in [0.5, 0.6) is 0 Å². The van der Waals surface area contributed by atoms with Crippen LogP contribution < -0.4 is 5.73 Å². The Morgan fingerprint density at radius 1 is 0.346 bits per heavy atom. The van der Waals surface area contributed by atoms with Gasteiger partial charge in [0.15, 0.2) is 29.1 Å². The molecule has 15 heteroatoms. The van der Waals surface area contributed by atoms with E-state index in [0.717, 1.165) is 73.8 Å². The lowest BCUT2D eigenvalue weighted by atomic mass is 9.86. The maximum atomic E-state index is 14.0. The first-order chi connectivity index (χ1) is 49.7. The number of aryl methyl sites for hydroxylation is 6. The maximum Gasteiger partial charge on any atom is 0.280 e. The number of halogens is 4. The SMILES string of the molecule is Cc1nc(-c2ccc(C(C)(C)C)cc2)nc(C(F)F)c1C(C)C.Cc1nc(-c2ccc(C(C)(C)C)cc2)nc(C)c1C(C)C.Cc1nc(-c2ccc(C(C)(C)C)cc2)ncc1C(C)C.Cc1nc(-c2ccc(C(F)(F)C(C)C)cc2)nc(N)c1C(C)C.Cc1nc(-c2ccc(C3(C)CC3)cc2)ncc1C(C)C. The molecule has 5 aromatic carbocycles. The largest absolute Gasteiger partial charge is 0.383 e. The van der Waals surface area contributed by atoms with Crippen molar-refractivity contribution in [3.8, 4) is 56.9 Å². The minimum atomic E-state index is -2.85. The fourth-order valence-corrected chi connectivity index (χ4v) is 13.1. The molecule has 2 N–H and O–H groups in total. The molecule has 0 radical (unpaired) electrons. The third-order valence-corrected chi connectivity index (χ3v) is 20.0. The third-order valence-electron chi connectivity index (χ3n) is 20.0. The summed E-state index contributed by atoms with van der Waals surface area (Å²) in [6.07, 6.45) is 3.95. The van der Waals surface area contributed by atoms with Crippen LogP contribution in [0.3, 0.4) is 0 Å². The number of benzene rings is 5. The highest BCUT2D eigenvalue weighted by Crippen LogP contribution is 2.48. The molecule has 107 heavy (non-hydrogen) atoms. The molecule has 5 heterocycles. The molecule has 0 amide bonds. The summed E-state index contributed by atoms with van der Waals surface area (Å²) in [5.41, 5.74) is 27.7. The first kappa shape index (κ1) is 85.3. The molecular formula is C92H119F4N11. The minimum absolute atomic E-state index is 0.000237. The van der Waals surface area contributed by atoms with E-state index in [0.29, 0.717) is 57.5 Å². The van der Waals surface area contributed by atoms with E-state index in [4.69, 9.17) is 15.7 Å². The molecule has 1 saturated carbocycles. The highest BCUT2D eigenvalue weighted by molar-refractivity contribution is 5.62. The van der Waals surface area contributed by atoms with E-state index in [1.54, 1.807) is 19.1 Å². The number of nitrogen functional groups attached to an aromatic ring is 1. The number of alkyl halides is 4. The van der Waals surface area contributed by atoms with Crippen molar-refractivity contribution in [2.45, 2.75) is 270 Å². The van der Waals surface area contributed by atoms with Crippen molar-refractivity contribution in [2.75, 3.05) is 5.73 Å². The van der Waals surface area contributed by atoms with Gasteiger partial charge in [0.05, 0.1) is 0 Å². The zero-order chi connectivity index (χ0) is 79.7. The molecule has 0 unspecified atom stereocenters. The van der Waals surface area contributed by atoms with E-state index < -0.39 is 18.3 Å². The second-order valence-electron chi connectivity index (χ2n) is 34.0. The number of hydrogen-bond donors (Lipinski definition) is 1. The molecule has 0 saturated heterocycles. The summed E-state index contributed by atoms with van der Waals surface area (Å²) in [5, 5.41) is 0. The lowest BCUT2D eigenvalue weighted by molar-refractivity contribution is -0.0513. The Kier molecular flexibility index (Phi) is 27.8. The summed E-state index contributed by atoms with van der Waals surface area (Å²) < 4.78 is 54.9. The summed E-state index contributed by atoms with van der Waals surface area (Å²) in [5.74, 6) is 1.74. The van der Waals surface area contributed by atoms with Crippen molar-refractivity contribution in [3.63, 3.8) is 0 Å². The molecule has 570 valence electrons. The fourth-order valence-electron chi connectivity index (χ4n) is 13.1. The number of nitrogens with zero attached hydrogens (tertiary/aromatic N) is 10. The standard InChI is InChI=1S/C19H24F2N2.C19H26N2.C18H23F2N3.C18H22N2.C18H24N2/c1-11(2)15-12(3)22-18(23-16(15)17(20)21)13-7-9-14(10-8-13)19(4,5)6;1-12(2)17-13(3)20-18(21-14(17)4)15-8-10-16(11-9-15)19(5,6)7;1-10(2)15-12(5)22-17(23-16(15)21)13-6-8-14(9-7-13)18(19,20)11(3)4;1-12(2)16-11-19-17(20-13(16)3)14-5-7-15(8-6-14)18(4)9-10-18;1-12(2)16-11-19-17(20-13(16)3)14-7-9-15(10-8-14)18(4,5)6/h7-11,17H,1-6H3;8-12H,1-7H3;6-11H,1-5H3,(H2,21,22,23);5-8,11-12H,9-10H2,1-4H3;7-12H,1-6H3. The number of anilines is 1. The molecule has 5 aromatic heterocycles. The summed E-state index contributed by atoms with van der Waals surface area (Å²) in [4.78, 5) is 45.2. The van der Waals surface area contributed by atoms with Crippen LogP contribution in [0, 0.1) is 47.5 Å². The zero-order valence-corrected chi connectivity index (χ0v) is 69.2. The number of rotatable bonds is 14. The van der Waals surface area contributed by atoms with Gasteiger partial charge in [-0.25, -0.2) is 67.4 Å². The lowest BCUT2D eigenvalue weighted by Crippen LogP contribution is -2.20. The van der Waals surface area contributed by atoms with E-state index in [1.165, 1.54) is 77.8 Å². The molecule has 1 aliphatic carbocycles. The van der Waals surface area contributed by atoms with Crippen LogP contribution in [-0.2, 0) is 27.6 Å². The first-order valence-corrected chi connectivity index (χ1v) is 38.0. The van der Waals surface area contributed by atoms with Crippen LogP contribution in [0.25, 0.3) is 56.9 Å². The van der Waals surface area contributed by atoms with Gasteiger partial charge in [0.2, 0.25) is 0 Å². The predicted molar refractivity (Wildman–Crippen MR) is 437 cm³/mol. The van der Waals surface area contributed by atoms with Gasteiger partial charge in [-0.15, -0.1) is 0 Å². The van der Waals surface area contributed by atoms with Crippen LogP contribution in [0.2, 0.25) is 0 Å². The van der Waals surface area contributed by atoms with Crippen molar-refractivity contribution in [2.24, 2.45) is 5.92 Å². The molecule has 11 nitrogen and oxygen atoms in total. The second-order valence-corrected chi connectivity index (χ2v) is 34.0. The van der Waals surface area contributed by atoms with Crippen LogP contribution >= 0.6 is 0 Å². The lowest BCUT2D eigenvalue weighted by Gasteiger charge is -2.21. The Morgan fingerprint density at radius 3 is 0.907 bits per heavy atom. The summed E-state index contributed by atoms with van der Waals surface area (Å²) >= 11 is 0.